The van der Waals surface area contributed by atoms with Gasteiger partial charge in [-0.2, -0.15) is 4.31 Å². The summed E-state index contributed by atoms with van der Waals surface area (Å²) in [5.41, 5.74) is 0.807. The Bertz CT molecular complexity index is 766. The maximum Gasteiger partial charge on any atom is 0.249 e. The number of rotatable bonds is 2. The minimum absolute atomic E-state index is 0.180. The number of nitrogens with zero attached hydrogens (tertiary/aromatic N) is 2. The average Bonchev–Trinajstić information content (AvgIpc) is 2.87. The van der Waals surface area contributed by atoms with E-state index < -0.39 is 32.6 Å². The monoisotopic (exact) mass is 312 g/mol. The molecule has 7 heteroatoms. The fourth-order valence-electron chi connectivity index (χ4n) is 2.73. The molecule has 0 aliphatic carbocycles. The number of aromatic nitrogens is 1. The highest BCUT2D eigenvalue weighted by Gasteiger charge is 2.37. The van der Waals surface area contributed by atoms with E-state index in [9.17, 15) is 17.2 Å². The minimum Gasteiger partial charge on any atom is -0.349 e. The van der Waals surface area contributed by atoms with Crippen LogP contribution in [0.5, 0.6) is 0 Å². The summed E-state index contributed by atoms with van der Waals surface area (Å²) in [4.78, 5) is -0.878. The van der Waals surface area contributed by atoms with E-state index in [1.807, 2.05) is 22.9 Å². The first-order valence-corrected chi connectivity index (χ1v) is 7.98. The van der Waals surface area contributed by atoms with Crippen LogP contribution in [0, 0.1) is 11.6 Å². The van der Waals surface area contributed by atoms with E-state index in [0.29, 0.717) is 6.54 Å². The topological polar surface area (TPSA) is 42.3 Å². The van der Waals surface area contributed by atoms with Crippen LogP contribution in [0.3, 0.4) is 0 Å². The van der Waals surface area contributed by atoms with Crippen molar-refractivity contribution in [2.24, 2.45) is 0 Å². The SMILES string of the molecule is C[C@H]1c2cccn2CCN1S(=O)(=O)c1c(F)cccc1F. The third kappa shape index (κ3) is 2.16. The second-order valence-corrected chi connectivity index (χ2v) is 6.80. The summed E-state index contributed by atoms with van der Waals surface area (Å²) >= 11 is 0. The number of hydrogen-bond acceptors (Lipinski definition) is 2. The predicted molar refractivity (Wildman–Crippen MR) is 73.1 cm³/mol. The molecule has 0 saturated heterocycles. The van der Waals surface area contributed by atoms with Crippen molar-refractivity contribution in [2.45, 2.75) is 24.4 Å². The quantitative estimate of drug-likeness (QED) is 0.855. The fraction of sp³-hybridized carbons (Fsp3) is 0.286. The molecule has 0 saturated carbocycles. The summed E-state index contributed by atoms with van der Waals surface area (Å²) in [5, 5.41) is 0. The van der Waals surface area contributed by atoms with Gasteiger partial charge in [-0.25, -0.2) is 17.2 Å². The van der Waals surface area contributed by atoms with Crippen LogP contribution < -0.4 is 0 Å². The van der Waals surface area contributed by atoms with Crippen LogP contribution in [-0.4, -0.2) is 23.8 Å². The molecular weight excluding hydrogens is 298 g/mol. The molecule has 1 aliphatic rings. The number of benzene rings is 1. The van der Waals surface area contributed by atoms with Crippen molar-refractivity contribution in [3.8, 4) is 0 Å². The number of halogens is 2. The highest BCUT2D eigenvalue weighted by atomic mass is 32.2. The Labute approximate surface area is 121 Å². The summed E-state index contributed by atoms with van der Waals surface area (Å²) in [7, 11) is -4.22. The third-order valence-electron chi connectivity index (χ3n) is 3.77. The average molecular weight is 312 g/mol. The Kier molecular flexibility index (Phi) is 3.33. The van der Waals surface area contributed by atoms with Crippen LogP contribution >= 0.6 is 0 Å². The second kappa shape index (κ2) is 4.92. The van der Waals surface area contributed by atoms with Gasteiger partial charge in [-0.1, -0.05) is 6.07 Å². The molecule has 2 heterocycles. The smallest absolute Gasteiger partial charge is 0.249 e. The van der Waals surface area contributed by atoms with E-state index >= 15 is 0 Å². The molecule has 0 N–H and O–H groups in total. The van der Waals surface area contributed by atoms with E-state index in [1.54, 1.807) is 6.92 Å². The summed E-state index contributed by atoms with van der Waals surface area (Å²) in [6.45, 7) is 2.35. The lowest BCUT2D eigenvalue weighted by Gasteiger charge is -2.33. The summed E-state index contributed by atoms with van der Waals surface area (Å²) < 4.78 is 55.9. The van der Waals surface area contributed by atoms with Gasteiger partial charge in [0.15, 0.2) is 4.90 Å². The van der Waals surface area contributed by atoms with E-state index in [4.69, 9.17) is 0 Å². The van der Waals surface area contributed by atoms with Gasteiger partial charge in [-0.05, 0) is 31.2 Å². The largest absolute Gasteiger partial charge is 0.349 e. The zero-order chi connectivity index (χ0) is 15.2. The van der Waals surface area contributed by atoms with E-state index in [1.165, 1.54) is 0 Å². The van der Waals surface area contributed by atoms with Crippen molar-refractivity contribution in [3.05, 3.63) is 53.9 Å². The van der Waals surface area contributed by atoms with Gasteiger partial charge in [-0.15, -0.1) is 0 Å². The van der Waals surface area contributed by atoms with Crippen molar-refractivity contribution in [1.29, 1.82) is 0 Å². The first-order chi connectivity index (χ1) is 9.93. The summed E-state index contributed by atoms with van der Waals surface area (Å²) in [5.74, 6) is -2.13. The normalized spacial score (nSPS) is 19.5. The van der Waals surface area contributed by atoms with Gasteiger partial charge < -0.3 is 4.57 Å². The maximum absolute atomic E-state index is 13.8. The molecule has 0 bridgehead atoms. The Balaban J connectivity index is 2.08. The number of fused-ring (bicyclic) bond motifs is 1. The molecular formula is C14H14F2N2O2S. The molecule has 1 aliphatic heterocycles. The van der Waals surface area contributed by atoms with E-state index in [0.717, 1.165) is 28.2 Å². The van der Waals surface area contributed by atoms with Gasteiger partial charge in [-0.3, -0.25) is 0 Å². The Morgan fingerprint density at radius 3 is 2.43 bits per heavy atom. The molecule has 1 atom stereocenters. The molecule has 0 fully saturated rings. The van der Waals surface area contributed by atoms with Crippen LogP contribution in [0.1, 0.15) is 18.7 Å². The molecule has 0 spiro atoms. The molecule has 2 aromatic rings. The molecule has 1 aromatic heterocycles. The highest BCUT2D eigenvalue weighted by Crippen LogP contribution is 2.32. The van der Waals surface area contributed by atoms with Gasteiger partial charge in [0, 0.05) is 25.0 Å². The Hall–Kier alpha value is -1.73. The second-order valence-electron chi connectivity index (χ2n) is 4.97. The molecule has 21 heavy (non-hydrogen) atoms. The first kappa shape index (κ1) is 14.2. The fourth-order valence-corrected chi connectivity index (χ4v) is 4.44. The molecule has 0 amide bonds. The lowest BCUT2D eigenvalue weighted by Crippen LogP contribution is -2.41. The predicted octanol–water partition coefficient (Wildman–Crippen LogP) is 2.53. The maximum atomic E-state index is 13.8. The molecule has 0 unspecified atom stereocenters. The van der Waals surface area contributed by atoms with Crippen molar-refractivity contribution >= 4 is 10.0 Å². The molecule has 1 aromatic carbocycles. The highest BCUT2D eigenvalue weighted by molar-refractivity contribution is 7.89. The van der Waals surface area contributed by atoms with Crippen molar-refractivity contribution in [1.82, 2.24) is 8.87 Å². The van der Waals surface area contributed by atoms with E-state index in [2.05, 4.69) is 0 Å². The van der Waals surface area contributed by atoms with Gasteiger partial charge in [0.2, 0.25) is 10.0 Å². The van der Waals surface area contributed by atoms with Crippen molar-refractivity contribution in [2.75, 3.05) is 6.54 Å². The van der Waals surface area contributed by atoms with Gasteiger partial charge in [0.25, 0.3) is 0 Å². The van der Waals surface area contributed by atoms with Crippen molar-refractivity contribution < 1.29 is 17.2 Å². The lowest BCUT2D eigenvalue weighted by molar-refractivity contribution is 0.280. The zero-order valence-electron chi connectivity index (χ0n) is 11.3. The van der Waals surface area contributed by atoms with E-state index in [-0.39, 0.29) is 6.54 Å². The Morgan fingerprint density at radius 1 is 1.10 bits per heavy atom. The van der Waals surface area contributed by atoms with Crippen molar-refractivity contribution in [3.63, 3.8) is 0 Å². The summed E-state index contributed by atoms with van der Waals surface area (Å²) in [6.07, 6.45) is 1.86. The van der Waals surface area contributed by atoms with Crippen LogP contribution in [-0.2, 0) is 16.6 Å². The molecule has 112 valence electrons. The first-order valence-electron chi connectivity index (χ1n) is 6.54. The molecule has 0 radical (unpaired) electrons. The number of sulfonamides is 1. The van der Waals surface area contributed by atoms with Crippen LogP contribution in [0.4, 0.5) is 8.78 Å². The van der Waals surface area contributed by atoms with Crippen LogP contribution in [0.15, 0.2) is 41.4 Å². The molecule has 3 rings (SSSR count). The number of hydrogen-bond donors (Lipinski definition) is 0. The van der Waals surface area contributed by atoms with Gasteiger partial charge >= 0.3 is 0 Å². The molecule has 4 nitrogen and oxygen atoms in total. The van der Waals surface area contributed by atoms with Crippen LogP contribution in [0.25, 0.3) is 0 Å². The van der Waals surface area contributed by atoms with Gasteiger partial charge in [0.1, 0.15) is 11.6 Å². The van der Waals surface area contributed by atoms with Gasteiger partial charge in [0.05, 0.1) is 6.04 Å². The standard InChI is InChI=1S/C14H14F2N2O2S/c1-10-13-6-3-7-17(13)8-9-18(10)21(19,20)14-11(15)4-2-5-12(14)16/h2-7,10H,8-9H2,1H3/t10-/m0/s1. The third-order valence-corrected chi connectivity index (χ3v) is 5.79. The summed E-state index contributed by atoms with van der Waals surface area (Å²) in [6, 6.07) is 6.21. The lowest BCUT2D eigenvalue weighted by atomic mass is 10.2. The zero-order valence-corrected chi connectivity index (χ0v) is 12.1. The Morgan fingerprint density at radius 2 is 1.76 bits per heavy atom. The van der Waals surface area contributed by atoms with Crippen LogP contribution in [0.2, 0.25) is 0 Å². The minimum atomic E-state index is -4.22.